The van der Waals surface area contributed by atoms with Crippen LogP contribution < -0.4 is 0 Å². The van der Waals surface area contributed by atoms with E-state index in [9.17, 15) is 4.57 Å². The first kappa shape index (κ1) is 57.8. The maximum atomic E-state index is 10.8. The van der Waals surface area contributed by atoms with E-state index in [0.29, 0.717) is 12.3 Å². The van der Waals surface area contributed by atoms with Crippen LogP contribution in [-0.4, -0.2) is 16.4 Å². The fourth-order valence-corrected chi connectivity index (χ4v) is 7.55. The molecule has 2 N–H and O–H groups in total. The monoisotopic (exact) mass is 851 g/mol. The molecule has 5 heteroatoms. The molecule has 1 atom stereocenters. The van der Waals surface area contributed by atoms with Gasteiger partial charge in [0, 0.05) is 0 Å². The predicted octanol–water partition coefficient (Wildman–Crippen LogP) is 18.5. The maximum absolute atomic E-state index is 10.8. The van der Waals surface area contributed by atoms with E-state index >= 15 is 0 Å². The van der Waals surface area contributed by atoms with Gasteiger partial charge < -0.3 is 9.79 Å². The molecule has 0 saturated carbocycles. The highest BCUT2D eigenvalue weighted by atomic mass is 31.2. The molecule has 0 saturated heterocycles. The molecule has 0 aromatic rings. The summed E-state index contributed by atoms with van der Waals surface area (Å²) < 4.78 is 15.4. The topological polar surface area (TPSA) is 66.8 Å². The van der Waals surface area contributed by atoms with Crippen molar-refractivity contribution >= 4 is 7.82 Å². The summed E-state index contributed by atoms with van der Waals surface area (Å²) in [4.78, 5) is 17.6. The molecule has 0 fully saturated rings. The summed E-state index contributed by atoms with van der Waals surface area (Å²) in [6.07, 6.45) is 46.7. The fraction of sp³-hybridized carbons (Fsp3) is 0.673. The van der Waals surface area contributed by atoms with Crippen LogP contribution >= 0.6 is 7.82 Å². The normalized spacial score (nSPS) is 15.5. The van der Waals surface area contributed by atoms with E-state index in [1.165, 1.54) is 89.5 Å². The third kappa shape index (κ3) is 39.9. The number of rotatable bonds is 35. The Balaban J connectivity index is 4.24. The minimum Gasteiger partial charge on any atom is -0.303 e. The Morgan fingerprint density at radius 2 is 0.650 bits per heavy atom. The molecule has 4 nitrogen and oxygen atoms in total. The molecule has 0 aliphatic heterocycles. The smallest absolute Gasteiger partial charge is 0.303 e. The number of hydrogen-bond acceptors (Lipinski definition) is 2. The molecular formula is C55H95O4P. The highest BCUT2D eigenvalue weighted by Crippen LogP contribution is 2.36. The SMILES string of the molecule is C/C(=C/CC/C(C)=C\CC/C(C)=C\CC/C(C)=C\CCC(C)CCOP(=O)(O)O)CC/C=C(/C)CC/C=C(/C)CC/C=C(/C)CC/C=C(\C)CC/C=C(\C)CCCC(C)C. The molecule has 0 radical (unpaired) electrons. The summed E-state index contributed by atoms with van der Waals surface area (Å²) in [6.45, 7) is 27.4. The van der Waals surface area contributed by atoms with E-state index in [4.69, 9.17) is 9.79 Å². The number of phosphoric acid groups is 1. The van der Waals surface area contributed by atoms with E-state index in [1.807, 2.05) is 0 Å². The lowest BCUT2D eigenvalue weighted by Crippen LogP contribution is -2.00. The second kappa shape index (κ2) is 36.3. The minimum absolute atomic E-state index is 0.108. The predicted molar refractivity (Wildman–Crippen MR) is 267 cm³/mol. The van der Waals surface area contributed by atoms with E-state index < -0.39 is 7.82 Å². The van der Waals surface area contributed by atoms with E-state index in [-0.39, 0.29) is 6.61 Å². The van der Waals surface area contributed by atoms with Crippen molar-refractivity contribution in [1.82, 2.24) is 0 Å². The van der Waals surface area contributed by atoms with Gasteiger partial charge in [0.15, 0.2) is 0 Å². The van der Waals surface area contributed by atoms with Gasteiger partial charge in [-0.3, -0.25) is 4.52 Å². The molecule has 0 aromatic heterocycles. The van der Waals surface area contributed by atoms with Crippen molar-refractivity contribution in [2.45, 2.75) is 224 Å². The van der Waals surface area contributed by atoms with Gasteiger partial charge in [0.1, 0.15) is 0 Å². The van der Waals surface area contributed by atoms with Gasteiger partial charge in [-0.15, -0.1) is 0 Å². The van der Waals surface area contributed by atoms with Crippen LogP contribution in [0.15, 0.2) is 105 Å². The van der Waals surface area contributed by atoms with Gasteiger partial charge in [0.2, 0.25) is 0 Å². The van der Waals surface area contributed by atoms with Crippen molar-refractivity contribution in [3.63, 3.8) is 0 Å². The van der Waals surface area contributed by atoms with Gasteiger partial charge in [-0.25, -0.2) is 4.57 Å². The summed E-state index contributed by atoms with van der Waals surface area (Å²) in [5.74, 6) is 1.19. The Morgan fingerprint density at radius 1 is 0.400 bits per heavy atom. The Morgan fingerprint density at radius 3 is 0.900 bits per heavy atom. The maximum Gasteiger partial charge on any atom is 0.469 e. The Hall–Kier alpha value is -2.23. The van der Waals surface area contributed by atoms with Crippen LogP contribution in [0.25, 0.3) is 0 Å². The molecule has 0 amide bonds. The lowest BCUT2D eigenvalue weighted by Gasteiger charge is -2.11. The van der Waals surface area contributed by atoms with Gasteiger partial charge >= 0.3 is 7.82 Å². The Bertz CT molecular complexity index is 1490. The summed E-state index contributed by atoms with van der Waals surface area (Å²) in [6, 6.07) is 0. The van der Waals surface area contributed by atoms with Crippen LogP contribution in [0.4, 0.5) is 0 Å². The van der Waals surface area contributed by atoms with Gasteiger partial charge in [0.05, 0.1) is 6.61 Å². The quantitative estimate of drug-likeness (QED) is 0.0492. The summed E-state index contributed by atoms with van der Waals surface area (Å²) >= 11 is 0. The number of phosphoric ester groups is 1. The van der Waals surface area contributed by atoms with Crippen LogP contribution in [0.1, 0.15) is 224 Å². The van der Waals surface area contributed by atoms with Crippen LogP contribution in [0, 0.1) is 11.8 Å². The van der Waals surface area contributed by atoms with Crippen molar-refractivity contribution in [1.29, 1.82) is 0 Å². The second-order valence-electron chi connectivity index (χ2n) is 18.8. The first-order valence-corrected chi connectivity index (χ1v) is 25.5. The van der Waals surface area contributed by atoms with E-state index in [0.717, 1.165) is 95.8 Å². The minimum atomic E-state index is -4.35. The zero-order valence-electron chi connectivity index (χ0n) is 41.3. The molecule has 0 aliphatic rings. The molecule has 0 spiro atoms. The Labute approximate surface area is 372 Å². The van der Waals surface area contributed by atoms with Crippen molar-refractivity contribution in [2.24, 2.45) is 11.8 Å². The van der Waals surface area contributed by atoms with Crippen molar-refractivity contribution in [3.05, 3.63) is 105 Å². The molecule has 0 heterocycles. The molecule has 0 aliphatic carbocycles. The van der Waals surface area contributed by atoms with Crippen LogP contribution in [0.5, 0.6) is 0 Å². The van der Waals surface area contributed by atoms with Crippen molar-refractivity contribution in [3.8, 4) is 0 Å². The molecule has 0 bridgehead atoms. The fourth-order valence-electron chi connectivity index (χ4n) is 7.21. The van der Waals surface area contributed by atoms with E-state index in [2.05, 4.69) is 142 Å². The second-order valence-corrected chi connectivity index (χ2v) is 20.1. The zero-order valence-corrected chi connectivity index (χ0v) is 42.2. The molecular weight excluding hydrogens is 756 g/mol. The van der Waals surface area contributed by atoms with E-state index in [1.54, 1.807) is 5.57 Å². The van der Waals surface area contributed by atoms with Gasteiger partial charge in [0.25, 0.3) is 0 Å². The summed E-state index contributed by atoms with van der Waals surface area (Å²) in [5, 5.41) is 0. The lowest BCUT2D eigenvalue weighted by molar-refractivity contribution is 0.185. The average Bonchev–Trinajstić information content (AvgIpc) is 3.14. The number of allylic oxidation sites excluding steroid dienone is 18. The van der Waals surface area contributed by atoms with Gasteiger partial charge in [-0.2, -0.15) is 0 Å². The lowest BCUT2D eigenvalue weighted by atomic mass is 10.0. The third-order valence-electron chi connectivity index (χ3n) is 11.6. The first-order chi connectivity index (χ1) is 28.4. The Kier molecular flexibility index (Phi) is 34.9. The largest absolute Gasteiger partial charge is 0.469 e. The molecule has 0 rings (SSSR count). The molecule has 344 valence electrons. The van der Waals surface area contributed by atoms with Gasteiger partial charge in [-0.05, 0) is 209 Å². The molecule has 1 unspecified atom stereocenters. The van der Waals surface area contributed by atoms with Crippen molar-refractivity contribution in [2.75, 3.05) is 6.61 Å². The van der Waals surface area contributed by atoms with Crippen LogP contribution in [0.2, 0.25) is 0 Å². The first-order valence-electron chi connectivity index (χ1n) is 24.0. The van der Waals surface area contributed by atoms with Crippen LogP contribution in [-0.2, 0) is 9.09 Å². The highest BCUT2D eigenvalue weighted by molar-refractivity contribution is 7.46. The molecule has 0 aromatic carbocycles. The van der Waals surface area contributed by atoms with Crippen LogP contribution in [0.3, 0.4) is 0 Å². The molecule has 60 heavy (non-hydrogen) atoms. The summed E-state index contributed by atoms with van der Waals surface area (Å²) in [7, 11) is -4.35. The standard InChI is InChI=1S/C55H95O4P/c1-45(2)23-13-24-46(3)25-14-26-47(4)27-15-28-48(5)29-16-30-49(6)31-17-32-50(7)33-18-34-51(8)35-19-36-52(9)37-20-38-53(10)39-21-40-54(11)41-22-42-55(12)43-44-59-60(56,57)58/h25,27,29,31,33,35,37,39,41,45,55H,13-24,26,28,30,32,34,36,38,40,42-44H2,1-12H3,(H2,56,57,58)/b46-25+,47-27+,48-29-,49-31-,50-33-,51-35-,52-37-,53-39-,54-41-. The highest BCUT2D eigenvalue weighted by Gasteiger charge is 2.14. The number of hydrogen-bond donors (Lipinski definition) is 2. The van der Waals surface area contributed by atoms with Crippen molar-refractivity contribution < 1.29 is 18.9 Å². The average molecular weight is 851 g/mol. The zero-order chi connectivity index (χ0) is 45.2. The summed E-state index contributed by atoms with van der Waals surface area (Å²) in [5.41, 5.74) is 13.5. The van der Waals surface area contributed by atoms with Gasteiger partial charge in [-0.1, -0.05) is 132 Å². The third-order valence-corrected chi connectivity index (χ3v) is 12.1.